The summed E-state index contributed by atoms with van der Waals surface area (Å²) >= 11 is 0. The van der Waals surface area contributed by atoms with Crippen LogP contribution in [0.4, 0.5) is 0 Å². The van der Waals surface area contributed by atoms with Gasteiger partial charge in [0.15, 0.2) is 6.10 Å². The summed E-state index contributed by atoms with van der Waals surface area (Å²) in [5, 5.41) is 11.6. The molecule has 0 aliphatic heterocycles. The molecule has 0 rings (SSSR count). The Bertz CT molecular complexity index is 1060. The van der Waals surface area contributed by atoms with Crippen LogP contribution in [0.25, 0.3) is 0 Å². The van der Waals surface area contributed by atoms with E-state index in [4.69, 9.17) is 14.2 Å². The van der Waals surface area contributed by atoms with Crippen LogP contribution in [0, 0.1) is 0 Å². The van der Waals surface area contributed by atoms with Crippen molar-refractivity contribution in [1.82, 2.24) is 0 Å². The van der Waals surface area contributed by atoms with Crippen LogP contribution in [-0.2, 0) is 28.6 Å². The van der Waals surface area contributed by atoms with Crippen LogP contribution in [0.3, 0.4) is 0 Å². The third-order valence-electron chi connectivity index (χ3n) is 9.98. The number of allylic oxidation sites excluding steroid dienone is 8. The van der Waals surface area contributed by atoms with Gasteiger partial charge in [0.25, 0.3) is 0 Å². The first kappa shape index (κ1) is 53.3. The van der Waals surface area contributed by atoms with Crippen LogP contribution in [-0.4, -0.2) is 75.5 Å². The summed E-state index contributed by atoms with van der Waals surface area (Å²) in [6.07, 6.45) is 45.7. The second-order valence-corrected chi connectivity index (χ2v) is 16.3. The minimum atomic E-state index is -1.13. The number of carboxylic acids is 1. The average molecular weight is 788 g/mol. The lowest BCUT2D eigenvalue weighted by Crippen LogP contribution is -2.55. The van der Waals surface area contributed by atoms with E-state index in [1.54, 1.807) is 21.1 Å². The third kappa shape index (κ3) is 36.9. The first-order valence-electron chi connectivity index (χ1n) is 22.7. The van der Waals surface area contributed by atoms with E-state index in [1.165, 1.54) is 89.9 Å². The molecule has 8 heteroatoms. The second kappa shape index (κ2) is 39.1. The van der Waals surface area contributed by atoms with Crippen molar-refractivity contribution >= 4 is 17.9 Å². The lowest BCUT2D eigenvalue weighted by Gasteiger charge is -2.34. The number of nitrogens with zero attached hydrogens (tertiary/aromatic N) is 1. The second-order valence-electron chi connectivity index (χ2n) is 16.3. The van der Waals surface area contributed by atoms with E-state index in [2.05, 4.69) is 62.5 Å². The van der Waals surface area contributed by atoms with Gasteiger partial charge in [-0.2, -0.15) is 0 Å². The fourth-order valence-electron chi connectivity index (χ4n) is 6.44. The number of rotatable bonds is 40. The van der Waals surface area contributed by atoms with E-state index in [9.17, 15) is 19.5 Å². The number of hydrogen-bond donors (Lipinski definition) is 0. The summed E-state index contributed by atoms with van der Waals surface area (Å²) in [5.74, 6) is -1.77. The van der Waals surface area contributed by atoms with E-state index < -0.39 is 18.1 Å². The van der Waals surface area contributed by atoms with Crippen molar-refractivity contribution in [3.05, 3.63) is 48.6 Å². The summed E-state index contributed by atoms with van der Waals surface area (Å²) in [6.45, 7) is 4.48. The molecule has 0 N–H and O–H groups in total. The van der Waals surface area contributed by atoms with Crippen molar-refractivity contribution in [3.8, 4) is 0 Å². The van der Waals surface area contributed by atoms with Gasteiger partial charge in [0.05, 0.1) is 40.3 Å². The molecule has 0 spiro atoms. The monoisotopic (exact) mass is 788 g/mol. The summed E-state index contributed by atoms with van der Waals surface area (Å²) in [6, 6.07) is -0.729. The highest BCUT2D eigenvalue weighted by atomic mass is 16.6. The van der Waals surface area contributed by atoms with Crippen molar-refractivity contribution in [2.75, 3.05) is 41.0 Å². The lowest BCUT2D eigenvalue weighted by atomic mass is 10.0. The quantitative estimate of drug-likeness (QED) is 0.0200. The summed E-state index contributed by atoms with van der Waals surface area (Å²) in [5.41, 5.74) is 0. The van der Waals surface area contributed by atoms with E-state index in [1.807, 2.05) is 0 Å². The topological polar surface area (TPSA) is 102 Å². The number of carbonyl (C=O) groups excluding carboxylic acids is 3. The Balaban J connectivity index is 4.26. The number of carboxylic acid groups (broad SMARTS) is 1. The molecule has 8 nitrogen and oxygen atoms in total. The summed E-state index contributed by atoms with van der Waals surface area (Å²) < 4.78 is 17.1. The van der Waals surface area contributed by atoms with Crippen molar-refractivity contribution in [3.63, 3.8) is 0 Å². The van der Waals surface area contributed by atoms with Gasteiger partial charge in [-0.3, -0.25) is 9.59 Å². The molecule has 0 aliphatic carbocycles. The highest BCUT2D eigenvalue weighted by molar-refractivity contribution is 5.70. The first-order chi connectivity index (χ1) is 27.1. The van der Waals surface area contributed by atoms with E-state index in [0.29, 0.717) is 12.8 Å². The zero-order chi connectivity index (χ0) is 41.4. The molecule has 0 aliphatic rings. The molecule has 324 valence electrons. The Morgan fingerprint density at radius 1 is 0.571 bits per heavy atom. The van der Waals surface area contributed by atoms with Crippen molar-refractivity contribution in [2.24, 2.45) is 0 Å². The Morgan fingerprint density at radius 3 is 1.59 bits per heavy atom. The number of likely N-dealkylation sites (N-methyl/N-ethyl adjacent to an activating group) is 1. The number of quaternary nitrogens is 1. The third-order valence-corrected chi connectivity index (χ3v) is 9.98. The largest absolute Gasteiger partial charge is 0.544 e. The van der Waals surface area contributed by atoms with Crippen LogP contribution >= 0.6 is 0 Å². The van der Waals surface area contributed by atoms with Gasteiger partial charge in [-0.15, -0.1) is 0 Å². The first-order valence-corrected chi connectivity index (χ1v) is 22.7. The van der Waals surface area contributed by atoms with Crippen LogP contribution in [0.5, 0.6) is 0 Å². The fraction of sp³-hybridized carbons (Fsp3) is 0.771. The normalized spacial score (nSPS) is 13.4. The SMILES string of the molecule is CC/C=C/C/C=C/CCCCCCCCCCCCCCCCC(=O)OC(COCCC(C(=O)[O-])[N+](C)(C)C)COC(=O)CCCCC/C=C/C=C/CCCC. The van der Waals surface area contributed by atoms with Gasteiger partial charge in [-0.05, 0) is 57.8 Å². The smallest absolute Gasteiger partial charge is 0.306 e. The molecule has 0 heterocycles. The molecule has 0 fully saturated rings. The Labute approximate surface area is 344 Å². The van der Waals surface area contributed by atoms with Gasteiger partial charge in [0.1, 0.15) is 12.6 Å². The Morgan fingerprint density at radius 2 is 1.05 bits per heavy atom. The molecule has 0 saturated heterocycles. The molecule has 56 heavy (non-hydrogen) atoms. The van der Waals surface area contributed by atoms with Crippen LogP contribution in [0.2, 0.25) is 0 Å². The van der Waals surface area contributed by atoms with Crippen molar-refractivity contribution in [1.29, 1.82) is 0 Å². The fourth-order valence-corrected chi connectivity index (χ4v) is 6.44. The highest BCUT2D eigenvalue weighted by Crippen LogP contribution is 2.15. The van der Waals surface area contributed by atoms with E-state index in [0.717, 1.165) is 64.2 Å². The number of ether oxygens (including phenoxy) is 3. The average Bonchev–Trinajstić information content (AvgIpc) is 3.15. The number of esters is 2. The van der Waals surface area contributed by atoms with Crippen LogP contribution in [0.15, 0.2) is 48.6 Å². The molecular weight excluding hydrogens is 703 g/mol. The van der Waals surface area contributed by atoms with Gasteiger partial charge in [0, 0.05) is 19.3 Å². The molecule has 0 bridgehead atoms. The predicted molar refractivity (Wildman–Crippen MR) is 231 cm³/mol. The van der Waals surface area contributed by atoms with Crippen LogP contribution < -0.4 is 5.11 Å². The predicted octanol–water partition coefficient (Wildman–Crippen LogP) is 11.1. The molecule has 0 aromatic carbocycles. The molecule has 0 radical (unpaired) electrons. The molecule has 0 saturated carbocycles. The van der Waals surface area contributed by atoms with Crippen LogP contribution in [0.1, 0.15) is 187 Å². The summed E-state index contributed by atoms with van der Waals surface area (Å²) in [7, 11) is 5.40. The van der Waals surface area contributed by atoms with E-state index in [-0.39, 0.29) is 42.7 Å². The molecule has 0 aromatic rings. The standard InChI is InChI=1S/C48H85NO7/c1-6-8-10-12-14-16-18-19-20-21-22-23-24-25-26-27-29-31-33-35-37-39-47(51)56-44(42-54-41-40-45(48(52)53)49(3,4)5)43-55-46(50)38-36-34-32-30-28-17-15-13-11-9-7-2/h8,10,13-17,28,44-45H,6-7,9,11-12,18-27,29-43H2,1-5H3/b10-8+,15-13+,16-14+,28-17+. The maximum Gasteiger partial charge on any atom is 0.306 e. The maximum absolute atomic E-state index is 12.7. The minimum Gasteiger partial charge on any atom is -0.544 e. The summed E-state index contributed by atoms with van der Waals surface area (Å²) in [4.78, 5) is 36.8. The molecule has 0 aromatic heterocycles. The molecule has 0 amide bonds. The van der Waals surface area contributed by atoms with Gasteiger partial charge in [-0.1, -0.05) is 159 Å². The Hall–Kier alpha value is -2.71. The highest BCUT2D eigenvalue weighted by Gasteiger charge is 2.25. The van der Waals surface area contributed by atoms with Gasteiger partial charge < -0.3 is 28.6 Å². The maximum atomic E-state index is 12.7. The number of hydrogen-bond acceptors (Lipinski definition) is 7. The lowest BCUT2D eigenvalue weighted by molar-refractivity contribution is -0.889. The molecular formula is C48H85NO7. The number of unbranched alkanes of at least 4 members (excludes halogenated alkanes) is 19. The zero-order valence-corrected chi connectivity index (χ0v) is 36.8. The molecule has 2 atom stereocenters. The van der Waals surface area contributed by atoms with Crippen molar-refractivity contribution < 1.29 is 38.2 Å². The molecule has 2 unspecified atom stereocenters. The van der Waals surface area contributed by atoms with Gasteiger partial charge in [0.2, 0.25) is 0 Å². The van der Waals surface area contributed by atoms with Gasteiger partial charge >= 0.3 is 11.9 Å². The van der Waals surface area contributed by atoms with Crippen molar-refractivity contribution in [2.45, 2.75) is 199 Å². The van der Waals surface area contributed by atoms with Gasteiger partial charge in [-0.25, -0.2) is 0 Å². The zero-order valence-electron chi connectivity index (χ0n) is 36.8. The number of aliphatic carboxylic acids is 1. The van der Waals surface area contributed by atoms with E-state index >= 15 is 0 Å². The minimum absolute atomic E-state index is 0.0323. The Kier molecular flexibility index (Phi) is 37.2. The number of carbonyl (C=O) groups is 3.